The Morgan fingerprint density at radius 3 is 2.18 bits per heavy atom. The Hall–Kier alpha value is -4.66. The molecule has 3 amide bonds. The molecule has 1 heterocycles. The lowest BCUT2D eigenvalue weighted by molar-refractivity contribution is 0.0997. The molecule has 1 aromatic heterocycles. The van der Waals surface area contributed by atoms with E-state index in [0.29, 0.717) is 28.1 Å². The van der Waals surface area contributed by atoms with Gasteiger partial charge in [0.05, 0.1) is 5.52 Å². The number of halogens is 1. The number of carbonyl (C=O) groups is 3. The molecule has 3 aromatic carbocycles. The van der Waals surface area contributed by atoms with Crippen LogP contribution in [0.4, 0.5) is 20.6 Å². The van der Waals surface area contributed by atoms with Crippen molar-refractivity contribution in [2.75, 3.05) is 10.6 Å². The Morgan fingerprint density at radius 2 is 1.55 bits per heavy atom. The highest BCUT2D eigenvalue weighted by molar-refractivity contribution is 6.07. The summed E-state index contributed by atoms with van der Waals surface area (Å²) < 4.78 is 14.9. The molecule has 5 N–H and O–H groups in total. The molecule has 166 valence electrons. The lowest BCUT2D eigenvalue weighted by Crippen LogP contribution is -2.17. The van der Waals surface area contributed by atoms with Crippen LogP contribution in [0.2, 0.25) is 0 Å². The molecule has 4 rings (SSSR count). The minimum atomic E-state index is -1.20. The molecule has 4 aromatic rings. The molecular formula is C24H19FN4O4. The van der Waals surface area contributed by atoms with Gasteiger partial charge in [-0.3, -0.25) is 14.9 Å². The first kappa shape index (κ1) is 21.6. The average Bonchev–Trinajstić information content (AvgIpc) is 3.13. The van der Waals surface area contributed by atoms with Crippen LogP contribution < -0.4 is 16.4 Å². The number of amides is 3. The summed E-state index contributed by atoms with van der Waals surface area (Å²) in [5.41, 5.74) is 8.19. The van der Waals surface area contributed by atoms with Crippen molar-refractivity contribution in [3.05, 3.63) is 95.4 Å². The summed E-state index contributed by atoms with van der Waals surface area (Å²) in [7, 11) is 0. The van der Waals surface area contributed by atoms with Crippen LogP contribution in [0.25, 0.3) is 10.9 Å². The number of hydrogen-bond acceptors (Lipinski definition) is 3. The Bertz CT molecular complexity index is 1360. The van der Waals surface area contributed by atoms with E-state index in [1.807, 2.05) is 0 Å². The maximum Gasteiger partial charge on any atom is 0.409 e. The van der Waals surface area contributed by atoms with Crippen molar-refractivity contribution >= 4 is 40.2 Å². The van der Waals surface area contributed by atoms with Gasteiger partial charge in [0.2, 0.25) is 5.91 Å². The first-order chi connectivity index (χ1) is 15.8. The van der Waals surface area contributed by atoms with Gasteiger partial charge in [0.1, 0.15) is 11.5 Å². The van der Waals surface area contributed by atoms with Crippen LogP contribution in [0.15, 0.2) is 72.8 Å². The predicted octanol–water partition coefficient (Wildman–Crippen LogP) is 4.27. The van der Waals surface area contributed by atoms with Gasteiger partial charge in [0.15, 0.2) is 0 Å². The molecule has 0 saturated heterocycles. The highest BCUT2D eigenvalue weighted by Crippen LogP contribution is 2.26. The van der Waals surface area contributed by atoms with Gasteiger partial charge in [0, 0.05) is 28.9 Å². The van der Waals surface area contributed by atoms with Gasteiger partial charge in [0.25, 0.3) is 5.91 Å². The van der Waals surface area contributed by atoms with Gasteiger partial charge in [-0.15, -0.1) is 0 Å². The Kier molecular flexibility index (Phi) is 5.77. The van der Waals surface area contributed by atoms with Crippen molar-refractivity contribution in [3.8, 4) is 0 Å². The van der Waals surface area contributed by atoms with Gasteiger partial charge in [-0.1, -0.05) is 18.2 Å². The number of hydrogen-bond donors (Lipinski definition) is 4. The van der Waals surface area contributed by atoms with Crippen LogP contribution in [0.3, 0.4) is 0 Å². The molecule has 0 atom stereocenters. The molecule has 9 heteroatoms. The first-order valence-electron chi connectivity index (χ1n) is 9.89. The third-order valence-electron chi connectivity index (χ3n) is 5.07. The van der Waals surface area contributed by atoms with E-state index < -0.39 is 23.7 Å². The van der Waals surface area contributed by atoms with E-state index in [9.17, 15) is 18.8 Å². The van der Waals surface area contributed by atoms with Crippen LogP contribution in [0.5, 0.6) is 0 Å². The molecule has 0 spiro atoms. The van der Waals surface area contributed by atoms with Crippen molar-refractivity contribution in [2.45, 2.75) is 6.54 Å². The fraction of sp³-hybridized carbons (Fsp3) is 0.0417. The predicted molar refractivity (Wildman–Crippen MR) is 122 cm³/mol. The van der Waals surface area contributed by atoms with Crippen molar-refractivity contribution < 1.29 is 23.9 Å². The van der Waals surface area contributed by atoms with Gasteiger partial charge >= 0.3 is 6.09 Å². The average molecular weight is 446 g/mol. The van der Waals surface area contributed by atoms with Crippen LogP contribution in [-0.2, 0) is 6.54 Å². The number of fused-ring (bicyclic) bond motifs is 1. The summed E-state index contributed by atoms with van der Waals surface area (Å²) in [6.45, 7) is 0.269. The summed E-state index contributed by atoms with van der Waals surface area (Å²) in [6.07, 6.45) is -1.20. The fourth-order valence-corrected chi connectivity index (χ4v) is 3.50. The zero-order chi connectivity index (χ0) is 23.5. The number of carboxylic acid groups (broad SMARTS) is 1. The minimum Gasteiger partial charge on any atom is -0.465 e. The molecule has 0 fully saturated rings. The summed E-state index contributed by atoms with van der Waals surface area (Å²) in [4.78, 5) is 35.5. The number of carbonyl (C=O) groups excluding carboxylic acids is 2. The van der Waals surface area contributed by atoms with Crippen LogP contribution in [0.1, 0.15) is 26.4 Å². The number of nitrogens with one attached hydrogen (secondary N) is 2. The van der Waals surface area contributed by atoms with E-state index in [1.165, 1.54) is 24.3 Å². The second-order valence-electron chi connectivity index (χ2n) is 7.34. The molecule has 0 aliphatic heterocycles. The number of nitrogens with zero attached hydrogens (tertiary/aromatic N) is 1. The Morgan fingerprint density at radius 1 is 0.879 bits per heavy atom. The van der Waals surface area contributed by atoms with Gasteiger partial charge in [-0.2, -0.15) is 0 Å². The summed E-state index contributed by atoms with van der Waals surface area (Å²) in [5, 5.41) is 14.8. The van der Waals surface area contributed by atoms with Crippen molar-refractivity contribution in [3.63, 3.8) is 0 Å². The van der Waals surface area contributed by atoms with Crippen molar-refractivity contribution in [1.29, 1.82) is 0 Å². The number of anilines is 2. The lowest BCUT2D eigenvalue weighted by atomic mass is 10.1. The zero-order valence-electron chi connectivity index (χ0n) is 17.2. The highest BCUT2D eigenvalue weighted by Gasteiger charge is 2.17. The van der Waals surface area contributed by atoms with Gasteiger partial charge in [-0.25, -0.2) is 9.18 Å². The quantitative estimate of drug-likeness (QED) is 0.353. The van der Waals surface area contributed by atoms with Crippen LogP contribution >= 0.6 is 0 Å². The highest BCUT2D eigenvalue weighted by atomic mass is 19.1. The topological polar surface area (TPSA) is 126 Å². The third-order valence-corrected chi connectivity index (χ3v) is 5.07. The second-order valence-corrected chi connectivity index (χ2v) is 7.34. The third kappa shape index (κ3) is 4.82. The largest absolute Gasteiger partial charge is 0.465 e. The van der Waals surface area contributed by atoms with Gasteiger partial charge < -0.3 is 20.7 Å². The smallest absolute Gasteiger partial charge is 0.409 e. The Labute approximate surface area is 187 Å². The summed E-state index contributed by atoms with van der Waals surface area (Å²) in [6, 6.07) is 18.7. The van der Waals surface area contributed by atoms with E-state index in [1.54, 1.807) is 53.1 Å². The minimum absolute atomic E-state index is 0.269. The Balaban J connectivity index is 1.75. The van der Waals surface area contributed by atoms with E-state index in [2.05, 4.69) is 10.6 Å². The summed E-state index contributed by atoms with van der Waals surface area (Å²) in [5.74, 6) is -1.38. The van der Waals surface area contributed by atoms with Gasteiger partial charge in [-0.05, 0) is 60.2 Å². The monoisotopic (exact) mass is 446 g/mol. The van der Waals surface area contributed by atoms with E-state index in [4.69, 9.17) is 10.8 Å². The molecule has 0 aliphatic carbocycles. The molecular weight excluding hydrogens is 427 g/mol. The normalized spacial score (nSPS) is 10.7. The number of rotatable bonds is 6. The van der Waals surface area contributed by atoms with E-state index in [0.717, 1.165) is 10.9 Å². The van der Waals surface area contributed by atoms with E-state index >= 15 is 0 Å². The molecule has 0 aliphatic rings. The number of aromatic nitrogens is 1. The number of benzene rings is 3. The first-order valence-corrected chi connectivity index (χ1v) is 9.89. The zero-order valence-corrected chi connectivity index (χ0v) is 17.2. The standard InChI is InChI=1S/C24H19FN4O4/c25-17-6-9-18(10-7-17)27-23(31)21-11-16-5-8-19(28-24(32)33)12-20(16)29(21)13-14-1-3-15(4-2-14)22(26)30/h1-12,28H,13H2,(H2,26,30)(H,27,31)(H,32,33). The SMILES string of the molecule is NC(=O)c1ccc(Cn2c(C(=O)Nc3ccc(F)cc3)cc3ccc(NC(=O)O)cc32)cc1. The van der Waals surface area contributed by atoms with E-state index in [-0.39, 0.29) is 6.54 Å². The molecule has 0 saturated carbocycles. The molecule has 33 heavy (non-hydrogen) atoms. The number of nitrogens with two attached hydrogens (primary N) is 1. The summed E-state index contributed by atoms with van der Waals surface area (Å²) >= 11 is 0. The second kappa shape index (κ2) is 8.83. The molecule has 0 radical (unpaired) electrons. The fourth-order valence-electron chi connectivity index (χ4n) is 3.50. The maximum atomic E-state index is 13.2. The van der Waals surface area contributed by atoms with Crippen LogP contribution in [-0.4, -0.2) is 27.6 Å². The van der Waals surface area contributed by atoms with Crippen molar-refractivity contribution in [1.82, 2.24) is 4.57 Å². The molecule has 0 unspecified atom stereocenters. The molecule has 0 bridgehead atoms. The molecule has 8 nitrogen and oxygen atoms in total. The maximum absolute atomic E-state index is 13.2. The van der Waals surface area contributed by atoms with Crippen molar-refractivity contribution in [2.24, 2.45) is 5.73 Å². The lowest BCUT2D eigenvalue weighted by Gasteiger charge is -2.12. The van der Waals surface area contributed by atoms with Crippen LogP contribution in [0, 0.1) is 5.82 Å². The number of primary amides is 1.